The molecule has 0 saturated heterocycles. The minimum absolute atomic E-state index is 0.178. The number of methoxy groups -OCH3 is 1. The number of alkyl halides is 1. The lowest BCUT2D eigenvalue weighted by atomic mass is 10.1. The van der Waals surface area contributed by atoms with Crippen molar-refractivity contribution in [3.8, 4) is 5.75 Å². The van der Waals surface area contributed by atoms with Crippen molar-refractivity contribution in [3.05, 3.63) is 48.5 Å². The normalized spacial score (nSPS) is 12.4. The third-order valence-electron chi connectivity index (χ3n) is 2.92. The van der Waals surface area contributed by atoms with E-state index in [1.165, 1.54) is 19.8 Å². The van der Waals surface area contributed by atoms with E-state index in [0.29, 0.717) is 13.2 Å². The Morgan fingerprint density at radius 1 is 1.19 bits per heavy atom. The van der Waals surface area contributed by atoms with Gasteiger partial charge in [0.15, 0.2) is 0 Å². The predicted molar refractivity (Wildman–Crippen MR) is 99.0 cm³/mol. The highest BCUT2D eigenvalue weighted by atomic mass is 79.9. The average Bonchev–Trinajstić information content (AvgIpc) is 2.80. The molecule has 1 aromatic carbocycles. The van der Waals surface area contributed by atoms with Crippen LogP contribution < -0.4 is 4.74 Å². The van der Waals surface area contributed by atoms with Crippen LogP contribution in [0.1, 0.15) is 20.8 Å². The fourth-order valence-electron chi connectivity index (χ4n) is 1.80. The van der Waals surface area contributed by atoms with Crippen LogP contribution in [-0.4, -0.2) is 20.3 Å². The molecule has 0 N–H and O–H groups in total. The molecule has 2 rings (SSSR count). The van der Waals surface area contributed by atoms with Gasteiger partial charge in [0.05, 0.1) is 19.7 Å². The van der Waals surface area contributed by atoms with Gasteiger partial charge in [0.2, 0.25) is 0 Å². The first-order chi connectivity index (χ1) is 10.0. The Morgan fingerprint density at radius 3 is 2.52 bits per heavy atom. The molecule has 1 aromatic heterocycles. The number of aryl methyl sites for hydroxylation is 1. The van der Waals surface area contributed by atoms with Crippen molar-refractivity contribution < 1.29 is 9.47 Å². The highest BCUT2D eigenvalue weighted by molar-refractivity contribution is 9.11. The SMILES string of the molecule is COCCOc1ccc(C(Br)c2cc(C)c(Br)s2)cc1Br. The molecular weight excluding hydrogens is 484 g/mol. The Bertz CT molecular complexity index is 593. The highest BCUT2D eigenvalue weighted by Crippen LogP contribution is 2.40. The first kappa shape index (κ1) is 17.5. The van der Waals surface area contributed by atoms with E-state index in [1.807, 2.05) is 6.07 Å². The molecule has 1 heterocycles. The first-order valence-corrected chi connectivity index (χ1v) is 9.66. The molecule has 0 radical (unpaired) electrons. The molecule has 2 aromatic rings. The lowest BCUT2D eigenvalue weighted by molar-refractivity contribution is 0.146. The molecule has 21 heavy (non-hydrogen) atoms. The summed E-state index contributed by atoms with van der Waals surface area (Å²) in [6.07, 6.45) is 0. The fourth-order valence-corrected chi connectivity index (χ4v) is 4.59. The number of halogens is 3. The Balaban J connectivity index is 2.15. The minimum Gasteiger partial charge on any atom is -0.490 e. The average molecular weight is 499 g/mol. The zero-order valence-corrected chi connectivity index (χ0v) is 17.2. The van der Waals surface area contributed by atoms with Gasteiger partial charge in [0.1, 0.15) is 12.4 Å². The maximum Gasteiger partial charge on any atom is 0.133 e. The van der Waals surface area contributed by atoms with Crippen LogP contribution in [-0.2, 0) is 4.74 Å². The second kappa shape index (κ2) is 8.11. The van der Waals surface area contributed by atoms with E-state index in [4.69, 9.17) is 9.47 Å². The minimum atomic E-state index is 0.178. The zero-order valence-electron chi connectivity index (χ0n) is 11.7. The molecule has 0 saturated carbocycles. The molecule has 0 bridgehead atoms. The standard InChI is InChI=1S/C15H15Br3O2S/c1-9-7-13(21-15(9)18)14(17)10-3-4-12(11(16)8-10)20-6-5-19-2/h3-4,7-8,14H,5-6H2,1-2H3. The number of hydrogen-bond acceptors (Lipinski definition) is 3. The third kappa shape index (κ3) is 4.55. The van der Waals surface area contributed by atoms with Gasteiger partial charge >= 0.3 is 0 Å². The van der Waals surface area contributed by atoms with Crippen LogP contribution in [0, 0.1) is 6.92 Å². The number of ether oxygens (including phenoxy) is 2. The van der Waals surface area contributed by atoms with Gasteiger partial charge < -0.3 is 9.47 Å². The predicted octanol–water partition coefficient (Wildman–Crippen LogP) is 6.09. The van der Waals surface area contributed by atoms with E-state index >= 15 is 0 Å². The van der Waals surface area contributed by atoms with Crippen molar-refractivity contribution in [2.45, 2.75) is 11.8 Å². The Kier molecular flexibility index (Phi) is 6.75. The van der Waals surface area contributed by atoms with Crippen LogP contribution in [0.25, 0.3) is 0 Å². The lowest BCUT2D eigenvalue weighted by Gasteiger charge is -2.12. The number of benzene rings is 1. The van der Waals surface area contributed by atoms with Crippen molar-refractivity contribution in [3.63, 3.8) is 0 Å². The van der Waals surface area contributed by atoms with Gasteiger partial charge in [-0.2, -0.15) is 0 Å². The largest absolute Gasteiger partial charge is 0.490 e. The molecule has 0 spiro atoms. The Labute approximate surface area is 154 Å². The van der Waals surface area contributed by atoms with E-state index in [1.54, 1.807) is 18.4 Å². The Morgan fingerprint density at radius 2 is 1.95 bits per heavy atom. The quantitative estimate of drug-likeness (QED) is 0.354. The Hall–Kier alpha value is 0.120. The molecule has 0 aliphatic carbocycles. The van der Waals surface area contributed by atoms with Gasteiger partial charge in [-0.15, -0.1) is 11.3 Å². The van der Waals surface area contributed by atoms with E-state index in [-0.39, 0.29) is 4.83 Å². The van der Waals surface area contributed by atoms with Crippen LogP contribution in [0.3, 0.4) is 0 Å². The molecule has 0 amide bonds. The summed E-state index contributed by atoms with van der Waals surface area (Å²) in [4.78, 5) is 1.45. The topological polar surface area (TPSA) is 18.5 Å². The van der Waals surface area contributed by atoms with Gasteiger partial charge in [-0.1, -0.05) is 22.0 Å². The van der Waals surface area contributed by atoms with E-state index < -0.39 is 0 Å². The summed E-state index contributed by atoms with van der Waals surface area (Å²) in [5.74, 6) is 0.832. The zero-order chi connectivity index (χ0) is 15.4. The summed E-state index contributed by atoms with van der Waals surface area (Å²) in [5, 5.41) is 0. The molecule has 1 atom stereocenters. The molecular formula is C15H15Br3O2S. The summed E-state index contributed by atoms with van der Waals surface area (Å²) in [5.41, 5.74) is 2.45. The maximum atomic E-state index is 5.65. The summed E-state index contributed by atoms with van der Waals surface area (Å²) in [7, 11) is 1.66. The summed E-state index contributed by atoms with van der Waals surface area (Å²) in [6, 6.07) is 8.35. The van der Waals surface area contributed by atoms with E-state index in [0.717, 1.165) is 10.2 Å². The van der Waals surface area contributed by atoms with Crippen LogP contribution in [0.4, 0.5) is 0 Å². The van der Waals surface area contributed by atoms with Gasteiger partial charge in [0.25, 0.3) is 0 Å². The molecule has 1 unspecified atom stereocenters. The smallest absolute Gasteiger partial charge is 0.133 e. The van der Waals surface area contributed by atoms with Crippen molar-refractivity contribution in [2.24, 2.45) is 0 Å². The van der Waals surface area contributed by atoms with E-state index in [9.17, 15) is 0 Å². The van der Waals surface area contributed by atoms with Crippen molar-refractivity contribution in [1.29, 1.82) is 0 Å². The summed E-state index contributed by atoms with van der Waals surface area (Å²) >= 11 is 12.7. The van der Waals surface area contributed by atoms with Crippen LogP contribution >= 0.6 is 59.1 Å². The second-order valence-corrected chi connectivity index (χ2v) is 8.67. The number of hydrogen-bond donors (Lipinski definition) is 0. The number of rotatable bonds is 6. The molecule has 6 heteroatoms. The van der Waals surface area contributed by atoms with Gasteiger partial charge in [-0.25, -0.2) is 0 Å². The highest BCUT2D eigenvalue weighted by Gasteiger charge is 2.16. The van der Waals surface area contributed by atoms with Crippen LogP contribution in [0.5, 0.6) is 5.75 Å². The monoisotopic (exact) mass is 496 g/mol. The summed E-state index contributed by atoms with van der Waals surface area (Å²) < 4.78 is 12.8. The molecule has 0 aliphatic heterocycles. The molecule has 2 nitrogen and oxygen atoms in total. The third-order valence-corrected chi connectivity index (χ3v) is 7.07. The van der Waals surface area contributed by atoms with Gasteiger partial charge in [-0.3, -0.25) is 0 Å². The number of thiophene rings is 1. The van der Waals surface area contributed by atoms with Gasteiger partial charge in [0, 0.05) is 12.0 Å². The second-order valence-electron chi connectivity index (χ2n) is 4.50. The fraction of sp³-hybridized carbons (Fsp3) is 0.333. The molecule has 0 fully saturated rings. The van der Waals surface area contributed by atoms with E-state index in [2.05, 4.69) is 72.9 Å². The molecule has 0 aliphatic rings. The first-order valence-electron chi connectivity index (χ1n) is 6.34. The van der Waals surface area contributed by atoms with Crippen LogP contribution in [0.2, 0.25) is 0 Å². The lowest BCUT2D eigenvalue weighted by Crippen LogP contribution is -2.04. The van der Waals surface area contributed by atoms with Crippen molar-refractivity contribution in [2.75, 3.05) is 20.3 Å². The van der Waals surface area contributed by atoms with Crippen LogP contribution in [0.15, 0.2) is 32.5 Å². The maximum absolute atomic E-state index is 5.65. The van der Waals surface area contributed by atoms with Crippen molar-refractivity contribution in [1.82, 2.24) is 0 Å². The molecule has 114 valence electrons. The summed E-state index contributed by atoms with van der Waals surface area (Å²) in [6.45, 7) is 3.23. The van der Waals surface area contributed by atoms with Crippen molar-refractivity contribution >= 4 is 59.1 Å². The van der Waals surface area contributed by atoms with Gasteiger partial charge in [-0.05, 0) is 68.1 Å².